The van der Waals surface area contributed by atoms with E-state index in [2.05, 4.69) is 0 Å². The quantitative estimate of drug-likeness (QED) is 0.490. The van der Waals surface area contributed by atoms with E-state index in [9.17, 15) is 9.59 Å². The van der Waals surface area contributed by atoms with Crippen LogP contribution in [0.3, 0.4) is 0 Å². The first-order valence-electron chi connectivity index (χ1n) is 9.13. The Morgan fingerprint density at radius 1 is 1.00 bits per heavy atom. The summed E-state index contributed by atoms with van der Waals surface area (Å²) in [5, 5.41) is 1.51. The molecule has 0 amide bonds. The fourth-order valence-electron chi connectivity index (χ4n) is 3.49. The minimum Gasteiger partial charge on any atom is -0.464 e. The van der Waals surface area contributed by atoms with E-state index in [1.807, 2.05) is 50.2 Å². The first-order valence-corrected chi connectivity index (χ1v) is 9.13. The third-order valence-electron chi connectivity index (χ3n) is 5.03. The summed E-state index contributed by atoms with van der Waals surface area (Å²) in [5.41, 5.74) is 3.35. The standard InChI is InChI=1S/C23H20O4/c1-3-16-12-17-11-15(8-9-20(17)27-23(16)25)10-14(2)19-13-26-21-7-5-4-6-18(21)22(19)24/h4-9,11-14H,3,10H2,1-2H3. The molecule has 1 atom stereocenters. The molecule has 136 valence electrons. The predicted octanol–water partition coefficient (Wildman–Crippen LogP) is 4.81. The highest BCUT2D eigenvalue weighted by molar-refractivity contribution is 5.78. The van der Waals surface area contributed by atoms with E-state index in [4.69, 9.17) is 8.83 Å². The molecular formula is C23H20O4. The lowest BCUT2D eigenvalue weighted by Crippen LogP contribution is -2.13. The molecule has 4 nitrogen and oxygen atoms in total. The van der Waals surface area contributed by atoms with Gasteiger partial charge in [-0.2, -0.15) is 0 Å². The third kappa shape index (κ3) is 3.19. The molecule has 2 heterocycles. The van der Waals surface area contributed by atoms with Crippen molar-refractivity contribution in [2.45, 2.75) is 32.6 Å². The van der Waals surface area contributed by atoms with Crippen LogP contribution in [0.5, 0.6) is 0 Å². The molecule has 0 saturated heterocycles. The number of benzene rings is 2. The first kappa shape index (κ1) is 17.3. The van der Waals surface area contributed by atoms with Gasteiger partial charge in [0.1, 0.15) is 11.2 Å². The summed E-state index contributed by atoms with van der Waals surface area (Å²) in [4.78, 5) is 24.6. The zero-order chi connectivity index (χ0) is 19.0. The van der Waals surface area contributed by atoms with Crippen LogP contribution in [0, 0.1) is 0 Å². The molecule has 0 N–H and O–H groups in total. The van der Waals surface area contributed by atoms with Gasteiger partial charge in [0.05, 0.1) is 11.6 Å². The molecule has 0 bridgehead atoms. The van der Waals surface area contributed by atoms with Gasteiger partial charge < -0.3 is 8.83 Å². The highest BCUT2D eigenvalue weighted by atomic mass is 16.4. The van der Waals surface area contributed by atoms with Crippen LogP contribution in [-0.2, 0) is 12.8 Å². The van der Waals surface area contributed by atoms with Gasteiger partial charge in [-0.3, -0.25) is 4.79 Å². The minimum absolute atomic E-state index is 0.00433. The average Bonchev–Trinajstić information content (AvgIpc) is 2.68. The van der Waals surface area contributed by atoms with Crippen LogP contribution >= 0.6 is 0 Å². The fraction of sp³-hybridized carbons (Fsp3) is 0.217. The van der Waals surface area contributed by atoms with Crippen LogP contribution in [0.2, 0.25) is 0 Å². The van der Waals surface area contributed by atoms with Crippen molar-refractivity contribution in [2.75, 3.05) is 0 Å². The molecule has 0 spiro atoms. The Kier molecular flexibility index (Phi) is 4.40. The Labute approximate surface area is 156 Å². The molecule has 0 radical (unpaired) electrons. The highest BCUT2D eigenvalue weighted by Gasteiger charge is 2.15. The SMILES string of the molecule is CCc1cc2cc(CC(C)c3coc4ccccc4c3=O)ccc2oc1=O. The van der Waals surface area contributed by atoms with Crippen LogP contribution in [0.1, 0.15) is 36.5 Å². The maximum absolute atomic E-state index is 12.8. The van der Waals surface area contributed by atoms with Crippen molar-refractivity contribution >= 4 is 21.9 Å². The van der Waals surface area contributed by atoms with Crippen molar-refractivity contribution in [1.29, 1.82) is 0 Å². The van der Waals surface area contributed by atoms with E-state index in [1.54, 1.807) is 18.4 Å². The number of fused-ring (bicyclic) bond motifs is 2. The second-order valence-corrected chi connectivity index (χ2v) is 6.91. The van der Waals surface area contributed by atoms with Crippen molar-refractivity contribution in [1.82, 2.24) is 0 Å². The summed E-state index contributed by atoms with van der Waals surface area (Å²) in [5.74, 6) is 0.00433. The molecule has 0 aliphatic carbocycles. The fourth-order valence-corrected chi connectivity index (χ4v) is 3.49. The van der Waals surface area contributed by atoms with Crippen LogP contribution in [0.4, 0.5) is 0 Å². The molecule has 4 aromatic rings. The zero-order valence-electron chi connectivity index (χ0n) is 15.3. The Morgan fingerprint density at radius 2 is 1.81 bits per heavy atom. The maximum Gasteiger partial charge on any atom is 0.339 e. The molecule has 0 fully saturated rings. The first-order chi connectivity index (χ1) is 13.1. The summed E-state index contributed by atoms with van der Waals surface area (Å²) in [6.07, 6.45) is 2.90. The maximum atomic E-state index is 12.8. The molecule has 1 unspecified atom stereocenters. The summed E-state index contributed by atoms with van der Waals surface area (Å²) < 4.78 is 11.0. The number of aryl methyl sites for hydroxylation is 1. The molecule has 0 aliphatic heterocycles. The van der Waals surface area contributed by atoms with Gasteiger partial charge in [0, 0.05) is 16.5 Å². The van der Waals surface area contributed by atoms with E-state index in [-0.39, 0.29) is 17.0 Å². The van der Waals surface area contributed by atoms with Crippen molar-refractivity contribution in [3.63, 3.8) is 0 Å². The van der Waals surface area contributed by atoms with Gasteiger partial charge in [0.15, 0.2) is 5.43 Å². The van der Waals surface area contributed by atoms with Crippen molar-refractivity contribution < 1.29 is 8.83 Å². The smallest absolute Gasteiger partial charge is 0.339 e. The van der Waals surface area contributed by atoms with Crippen LogP contribution < -0.4 is 11.1 Å². The van der Waals surface area contributed by atoms with E-state index < -0.39 is 0 Å². The average molecular weight is 360 g/mol. The summed E-state index contributed by atoms with van der Waals surface area (Å²) in [6, 6.07) is 15.0. The number of para-hydroxylation sites is 1. The van der Waals surface area contributed by atoms with Crippen molar-refractivity contribution in [3.8, 4) is 0 Å². The summed E-state index contributed by atoms with van der Waals surface area (Å²) in [6.45, 7) is 3.96. The van der Waals surface area contributed by atoms with Crippen molar-refractivity contribution in [2.24, 2.45) is 0 Å². The number of rotatable bonds is 4. The zero-order valence-corrected chi connectivity index (χ0v) is 15.3. The van der Waals surface area contributed by atoms with Gasteiger partial charge in [-0.15, -0.1) is 0 Å². The molecule has 2 aromatic heterocycles. The number of hydrogen-bond acceptors (Lipinski definition) is 4. The van der Waals surface area contributed by atoms with Crippen molar-refractivity contribution in [3.05, 3.63) is 92.1 Å². The molecule has 27 heavy (non-hydrogen) atoms. The Bertz CT molecular complexity index is 1250. The minimum atomic E-state index is -0.278. The second kappa shape index (κ2) is 6.88. The molecule has 4 heteroatoms. The summed E-state index contributed by atoms with van der Waals surface area (Å²) >= 11 is 0. The number of hydrogen-bond donors (Lipinski definition) is 0. The predicted molar refractivity (Wildman–Crippen MR) is 106 cm³/mol. The van der Waals surface area contributed by atoms with Gasteiger partial charge in [-0.1, -0.05) is 32.0 Å². The Morgan fingerprint density at radius 3 is 2.63 bits per heavy atom. The van der Waals surface area contributed by atoms with Gasteiger partial charge in [0.2, 0.25) is 0 Å². The summed E-state index contributed by atoms with van der Waals surface area (Å²) in [7, 11) is 0. The molecule has 2 aromatic carbocycles. The van der Waals surface area contributed by atoms with E-state index in [0.717, 1.165) is 10.9 Å². The normalized spacial score (nSPS) is 12.5. The Balaban J connectivity index is 1.69. The van der Waals surface area contributed by atoms with Gasteiger partial charge >= 0.3 is 5.63 Å². The molecule has 4 rings (SSSR count). The van der Waals surface area contributed by atoms with E-state index >= 15 is 0 Å². The third-order valence-corrected chi connectivity index (χ3v) is 5.03. The lowest BCUT2D eigenvalue weighted by atomic mass is 9.93. The lowest BCUT2D eigenvalue weighted by molar-refractivity contribution is 0.551. The van der Waals surface area contributed by atoms with Crippen LogP contribution in [-0.4, -0.2) is 0 Å². The Hall–Kier alpha value is -3.14. The molecule has 0 aliphatic rings. The monoisotopic (exact) mass is 360 g/mol. The topological polar surface area (TPSA) is 60.4 Å². The van der Waals surface area contributed by atoms with Crippen LogP contribution in [0.15, 0.2) is 73.2 Å². The molecular weight excluding hydrogens is 340 g/mol. The highest BCUT2D eigenvalue weighted by Crippen LogP contribution is 2.23. The van der Waals surface area contributed by atoms with E-state index in [0.29, 0.717) is 40.5 Å². The second-order valence-electron chi connectivity index (χ2n) is 6.91. The van der Waals surface area contributed by atoms with Crippen LogP contribution in [0.25, 0.3) is 21.9 Å². The van der Waals surface area contributed by atoms with E-state index in [1.165, 1.54) is 0 Å². The van der Waals surface area contributed by atoms with Gasteiger partial charge in [0.25, 0.3) is 0 Å². The molecule has 0 saturated carbocycles. The van der Waals surface area contributed by atoms with Gasteiger partial charge in [-0.25, -0.2) is 4.79 Å². The van der Waals surface area contributed by atoms with Gasteiger partial charge in [-0.05, 0) is 54.7 Å². The lowest BCUT2D eigenvalue weighted by Gasteiger charge is -2.12. The largest absolute Gasteiger partial charge is 0.464 e.